The van der Waals surface area contributed by atoms with Crippen molar-refractivity contribution in [2.75, 3.05) is 5.32 Å². The summed E-state index contributed by atoms with van der Waals surface area (Å²) in [6.45, 7) is 1.75. The van der Waals surface area contributed by atoms with E-state index in [4.69, 9.17) is 14.9 Å². The first-order chi connectivity index (χ1) is 15.8. The zero-order chi connectivity index (χ0) is 23.6. The molecule has 1 aliphatic carbocycles. The third-order valence-electron chi connectivity index (χ3n) is 5.74. The fourth-order valence-electron chi connectivity index (χ4n) is 4.07. The highest BCUT2D eigenvalue weighted by atomic mass is 32.2. The molecule has 2 aromatic carbocycles. The van der Waals surface area contributed by atoms with Gasteiger partial charge in [0.1, 0.15) is 0 Å². The molecule has 0 aliphatic heterocycles. The Morgan fingerprint density at radius 1 is 1.09 bits per heavy atom. The monoisotopic (exact) mass is 467 g/mol. The minimum Gasteiger partial charge on any atom is -0.449 e. The Morgan fingerprint density at radius 3 is 2.48 bits per heavy atom. The van der Waals surface area contributed by atoms with Crippen LogP contribution in [0, 0.1) is 0 Å². The van der Waals surface area contributed by atoms with Crippen molar-refractivity contribution < 1.29 is 22.7 Å². The first-order valence-corrected chi connectivity index (χ1v) is 12.4. The molecule has 1 amide bonds. The maximum atomic E-state index is 13.3. The van der Waals surface area contributed by atoms with E-state index >= 15 is 0 Å². The van der Waals surface area contributed by atoms with Crippen molar-refractivity contribution >= 4 is 38.5 Å². The van der Waals surface area contributed by atoms with Crippen LogP contribution in [0.4, 0.5) is 5.69 Å². The van der Waals surface area contributed by atoms with Crippen LogP contribution < -0.4 is 10.5 Å². The Balaban J connectivity index is 1.57. The summed E-state index contributed by atoms with van der Waals surface area (Å²) >= 11 is 0. The van der Waals surface area contributed by atoms with Gasteiger partial charge in [-0.3, -0.25) is 9.78 Å². The molecule has 1 heterocycles. The van der Waals surface area contributed by atoms with Crippen LogP contribution in [0.15, 0.2) is 53.4 Å². The van der Waals surface area contributed by atoms with E-state index < -0.39 is 28.0 Å². The number of esters is 1. The first-order valence-electron chi connectivity index (χ1n) is 10.8. The van der Waals surface area contributed by atoms with Crippen LogP contribution in [0.25, 0.3) is 10.9 Å². The summed E-state index contributed by atoms with van der Waals surface area (Å²) < 4.78 is 28.5. The van der Waals surface area contributed by atoms with Gasteiger partial charge in [-0.05, 0) is 68.0 Å². The number of para-hydroxylation sites is 1. The normalized spacial score (nSPS) is 14.4. The Kier molecular flexibility index (Phi) is 6.44. The highest BCUT2D eigenvalue weighted by Crippen LogP contribution is 2.30. The molecule has 0 radical (unpaired) electrons. The molecule has 4 rings (SSSR count). The van der Waals surface area contributed by atoms with Crippen LogP contribution >= 0.6 is 0 Å². The standard InChI is InChI=1S/C24H25N3O5S/c1-2-21(23(28)26-15-11-13-16(14-12-15)33(25,30)31)32-24(29)22-17-7-3-5-9-19(17)27-20-10-6-4-8-18(20)22/h3,5,7,9,11-14,21H,2,4,6,8,10H2,1H3,(H,26,28)(H2,25,30,31). The molecule has 1 atom stereocenters. The van der Waals surface area contributed by atoms with Crippen LogP contribution in [-0.2, 0) is 32.4 Å². The minimum atomic E-state index is -3.83. The molecule has 0 saturated heterocycles. The fourth-order valence-corrected chi connectivity index (χ4v) is 4.58. The predicted molar refractivity (Wildman–Crippen MR) is 124 cm³/mol. The number of anilines is 1. The number of rotatable bonds is 6. The summed E-state index contributed by atoms with van der Waals surface area (Å²) in [4.78, 5) is 30.8. The number of fused-ring (bicyclic) bond motifs is 2. The molecule has 172 valence electrons. The number of primary sulfonamides is 1. The fraction of sp³-hybridized carbons (Fsp3) is 0.292. The lowest BCUT2D eigenvalue weighted by Crippen LogP contribution is -2.32. The summed E-state index contributed by atoms with van der Waals surface area (Å²) in [6, 6.07) is 12.9. The topological polar surface area (TPSA) is 128 Å². The molecule has 3 N–H and O–H groups in total. The Labute approximate surface area is 192 Å². The predicted octanol–water partition coefficient (Wildman–Crippen LogP) is 3.34. The van der Waals surface area contributed by atoms with Gasteiger partial charge in [0.2, 0.25) is 10.0 Å². The van der Waals surface area contributed by atoms with E-state index in [2.05, 4.69) is 5.32 Å². The number of nitrogens with zero attached hydrogens (tertiary/aromatic N) is 1. The number of nitrogens with two attached hydrogens (primary N) is 1. The second kappa shape index (κ2) is 9.29. The maximum Gasteiger partial charge on any atom is 0.339 e. The summed E-state index contributed by atoms with van der Waals surface area (Å²) in [5, 5.41) is 8.48. The number of benzene rings is 2. The molecule has 0 fully saturated rings. The molecular weight excluding hydrogens is 442 g/mol. The lowest BCUT2D eigenvalue weighted by molar-refractivity contribution is -0.124. The minimum absolute atomic E-state index is 0.0618. The van der Waals surface area contributed by atoms with Gasteiger partial charge < -0.3 is 10.1 Å². The van der Waals surface area contributed by atoms with Crippen molar-refractivity contribution in [2.24, 2.45) is 5.14 Å². The number of carbonyl (C=O) groups excluding carboxylic acids is 2. The van der Waals surface area contributed by atoms with Gasteiger partial charge in [-0.1, -0.05) is 25.1 Å². The van der Waals surface area contributed by atoms with Crippen molar-refractivity contribution in [3.63, 3.8) is 0 Å². The summed E-state index contributed by atoms with van der Waals surface area (Å²) in [7, 11) is -3.83. The lowest BCUT2D eigenvalue weighted by Gasteiger charge is -2.22. The molecule has 1 aromatic heterocycles. The molecule has 1 unspecified atom stereocenters. The molecule has 9 heteroatoms. The number of amides is 1. The Bertz CT molecular complexity index is 1320. The molecule has 1 aliphatic rings. The molecule has 0 bridgehead atoms. The summed E-state index contributed by atoms with van der Waals surface area (Å²) in [5.41, 5.74) is 3.41. The highest BCUT2D eigenvalue weighted by molar-refractivity contribution is 7.89. The van der Waals surface area contributed by atoms with Gasteiger partial charge >= 0.3 is 5.97 Å². The number of nitrogens with one attached hydrogen (secondary N) is 1. The molecular formula is C24H25N3O5S. The maximum absolute atomic E-state index is 13.3. The van der Waals surface area contributed by atoms with Crippen molar-refractivity contribution in [1.82, 2.24) is 4.98 Å². The second-order valence-electron chi connectivity index (χ2n) is 8.00. The van der Waals surface area contributed by atoms with Crippen LogP contribution in [0.3, 0.4) is 0 Å². The van der Waals surface area contributed by atoms with E-state index in [1.807, 2.05) is 24.3 Å². The number of ether oxygens (including phenoxy) is 1. The van der Waals surface area contributed by atoms with E-state index in [0.717, 1.165) is 47.8 Å². The number of aromatic nitrogens is 1. The van der Waals surface area contributed by atoms with E-state index in [-0.39, 0.29) is 11.3 Å². The average Bonchev–Trinajstić information content (AvgIpc) is 2.80. The zero-order valence-electron chi connectivity index (χ0n) is 18.2. The van der Waals surface area contributed by atoms with E-state index in [1.165, 1.54) is 24.3 Å². The van der Waals surface area contributed by atoms with E-state index in [1.54, 1.807) is 6.92 Å². The highest BCUT2D eigenvalue weighted by Gasteiger charge is 2.28. The quantitative estimate of drug-likeness (QED) is 0.535. The van der Waals surface area contributed by atoms with Crippen molar-refractivity contribution in [3.8, 4) is 0 Å². The SMILES string of the molecule is CCC(OC(=O)c1c2c(nc3ccccc13)CCCC2)C(=O)Nc1ccc(S(N)(=O)=O)cc1. The first kappa shape index (κ1) is 22.9. The largest absolute Gasteiger partial charge is 0.449 e. The number of pyridine rings is 1. The average molecular weight is 468 g/mol. The smallest absolute Gasteiger partial charge is 0.339 e. The number of hydrogen-bond donors (Lipinski definition) is 2. The van der Waals surface area contributed by atoms with Crippen LogP contribution in [0.1, 0.15) is 47.8 Å². The Hall–Kier alpha value is -3.30. The van der Waals surface area contributed by atoms with Crippen molar-refractivity contribution in [1.29, 1.82) is 0 Å². The molecule has 8 nitrogen and oxygen atoms in total. The molecule has 0 spiro atoms. The number of hydrogen-bond acceptors (Lipinski definition) is 6. The third-order valence-corrected chi connectivity index (χ3v) is 6.67. The third kappa shape index (κ3) is 4.89. The van der Waals surface area contributed by atoms with Gasteiger partial charge in [-0.15, -0.1) is 0 Å². The number of carbonyl (C=O) groups is 2. The van der Waals surface area contributed by atoms with Gasteiger partial charge in [-0.2, -0.15) is 0 Å². The second-order valence-corrected chi connectivity index (χ2v) is 9.56. The number of sulfonamides is 1. The van der Waals surface area contributed by atoms with Gasteiger partial charge in [0.25, 0.3) is 5.91 Å². The molecule has 3 aromatic rings. The lowest BCUT2D eigenvalue weighted by atomic mass is 9.90. The van der Waals surface area contributed by atoms with Crippen LogP contribution in [0.2, 0.25) is 0 Å². The molecule has 0 saturated carbocycles. The van der Waals surface area contributed by atoms with E-state index in [9.17, 15) is 18.0 Å². The van der Waals surface area contributed by atoms with Crippen LogP contribution in [0.5, 0.6) is 0 Å². The van der Waals surface area contributed by atoms with Gasteiger partial charge in [0.05, 0.1) is 16.0 Å². The van der Waals surface area contributed by atoms with Gasteiger partial charge in [-0.25, -0.2) is 18.4 Å². The van der Waals surface area contributed by atoms with Gasteiger partial charge in [0.15, 0.2) is 6.10 Å². The van der Waals surface area contributed by atoms with Crippen LogP contribution in [-0.4, -0.2) is 31.4 Å². The summed E-state index contributed by atoms with van der Waals surface area (Å²) in [6.07, 6.45) is 2.82. The number of aryl methyl sites for hydroxylation is 1. The van der Waals surface area contributed by atoms with Crippen molar-refractivity contribution in [3.05, 3.63) is 65.4 Å². The summed E-state index contributed by atoms with van der Waals surface area (Å²) in [5.74, 6) is -1.04. The van der Waals surface area contributed by atoms with E-state index in [0.29, 0.717) is 11.3 Å². The van der Waals surface area contributed by atoms with Gasteiger partial charge in [0, 0.05) is 16.8 Å². The zero-order valence-corrected chi connectivity index (χ0v) is 19.0. The van der Waals surface area contributed by atoms with Crippen molar-refractivity contribution in [2.45, 2.75) is 50.0 Å². The Morgan fingerprint density at radius 2 is 1.79 bits per heavy atom. The molecule has 33 heavy (non-hydrogen) atoms.